The molecule has 0 saturated carbocycles. The number of aromatic nitrogens is 2. The number of hydrogen-bond donors (Lipinski definition) is 0. The first kappa shape index (κ1) is 15.6. The Morgan fingerprint density at radius 3 is 2.09 bits per heavy atom. The Kier molecular flexibility index (Phi) is 4.38. The van der Waals surface area contributed by atoms with Crippen LogP contribution in [0.3, 0.4) is 0 Å². The summed E-state index contributed by atoms with van der Waals surface area (Å²) < 4.78 is 0. The molecular formula is C16H18N4O2S. The van der Waals surface area contributed by atoms with Gasteiger partial charge in [0.05, 0.1) is 10.7 Å². The average Bonchev–Trinajstić information content (AvgIpc) is 2.93. The molecule has 7 heteroatoms. The maximum atomic E-state index is 12.6. The number of nitrogens with zero attached hydrogens (tertiary/aromatic N) is 4. The minimum atomic E-state index is -0.00989. The third-order valence-corrected chi connectivity index (χ3v) is 4.94. The van der Waals surface area contributed by atoms with Crippen molar-refractivity contribution in [3.8, 4) is 0 Å². The molecule has 0 aliphatic carbocycles. The minimum Gasteiger partial charge on any atom is -0.335 e. The summed E-state index contributed by atoms with van der Waals surface area (Å²) in [6.45, 7) is 5.95. The number of amides is 2. The molecule has 3 rings (SSSR count). The van der Waals surface area contributed by atoms with Gasteiger partial charge >= 0.3 is 0 Å². The predicted molar refractivity (Wildman–Crippen MR) is 87.6 cm³/mol. The van der Waals surface area contributed by atoms with Crippen LogP contribution < -0.4 is 0 Å². The minimum absolute atomic E-state index is 0.00989. The lowest BCUT2D eigenvalue weighted by atomic mass is 10.2. The Balaban J connectivity index is 1.63. The number of aryl methyl sites for hydroxylation is 2. The van der Waals surface area contributed by atoms with E-state index in [0.717, 1.165) is 10.7 Å². The van der Waals surface area contributed by atoms with E-state index >= 15 is 0 Å². The van der Waals surface area contributed by atoms with Gasteiger partial charge in [-0.05, 0) is 26.0 Å². The van der Waals surface area contributed by atoms with Crippen LogP contribution in [-0.2, 0) is 0 Å². The summed E-state index contributed by atoms with van der Waals surface area (Å²) in [4.78, 5) is 37.5. The Bertz CT molecular complexity index is 721. The normalized spacial score (nSPS) is 14.9. The Morgan fingerprint density at radius 2 is 1.57 bits per heavy atom. The fourth-order valence-electron chi connectivity index (χ4n) is 2.66. The second-order valence-electron chi connectivity index (χ2n) is 5.47. The monoisotopic (exact) mass is 330 g/mol. The fourth-order valence-corrected chi connectivity index (χ4v) is 3.55. The zero-order chi connectivity index (χ0) is 16.4. The maximum absolute atomic E-state index is 12.6. The first-order chi connectivity index (χ1) is 11.1. The second kappa shape index (κ2) is 6.45. The molecule has 1 saturated heterocycles. The van der Waals surface area contributed by atoms with Crippen LogP contribution in [-0.4, -0.2) is 57.8 Å². The van der Waals surface area contributed by atoms with E-state index in [0.29, 0.717) is 36.6 Å². The van der Waals surface area contributed by atoms with E-state index in [9.17, 15) is 9.59 Å². The van der Waals surface area contributed by atoms with Crippen LogP contribution in [0.25, 0.3) is 0 Å². The van der Waals surface area contributed by atoms with Gasteiger partial charge in [-0.25, -0.2) is 4.98 Å². The highest BCUT2D eigenvalue weighted by Crippen LogP contribution is 2.20. The number of piperazine rings is 1. The quantitative estimate of drug-likeness (QED) is 0.841. The van der Waals surface area contributed by atoms with E-state index in [1.807, 2.05) is 13.8 Å². The van der Waals surface area contributed by atoms with E-state index in [4.69, 9.17) is 0 Å². The molecule has 1 aliphatic heterocycles. The van der Waals surface area contributed by atoms with Gasteiger partial charge in [-0.1, -0.05) is 0 Å². The number of rotatable bonds is 2. The summed E-state index contributed by atoms with van der Waals surface area (Å²) in [5, 5.41) is 0.900. The molecule has 0 N–H and O–H groups in total. The molecule has 23 heavy (non-hydrogen) atoms. The van der Waals surface area contributed by atoms with Crippen molar-refractivity contribution in [3.05, 3.63) is 45.7 Å². The van der Waals surface area contributed by atoms with Gasteiger partial charge in [0, 0.05) is 44.1 Å². The van der Waals surface area contributed by atoms with E-state index in [1.165, 1.54) is 11.3 Å². The predicted octanol–water partition coefficient (Wildman–Crippen LogP) is 1.75. The van der Waals surface area contributed by atoms with Crippen molar-refractivity contribution < 1.29 is 9.59 Å². The molecule has 2 aromatic rings. The molecule has 1 fully saturated rings. The summed E-state index contributed by atoms with van der Waals surface area (Å²) in [6.07, 6.45) is 3.23. The van der Waals surface area contributed by atoms with Crippen LogP contribution in [0.2, 0.25) is 0 Å². The highest BCUT2D eigenvalue weighted by atomic mass is 32.1. The van der Waals surface area contributed by atoms with Crippen molar-refractivity contribution >= 4 is 23.2 Å². The van der Waals surface area contributed by atoms with Gasteiger partial charge in [-0.3, -0.25) is 14.6 Å². The van der Waals surface area contributed by atoms with Gasteiger partial charge in [0.15, 0.2) is 0 Å². The number of thiazole rings is 1. The molecule has 1 aliphatic rings. The Labute approximate surface area is 138 Å². The molecule has 2 amide bonds. The first-order valence-corrected chi connectivity index (χ1v) is 8.30. The molecule has 6 nitrogen and oxygen atoms in total. The van der Waals surface area contributed by atoms with Crippen molar-refractivity contribution in [3.63, 3.8) is 0 Å². The number of pyridine rings is 1. The van der Waals surface area contributed by atoms with Crippen LogP contribution in [0.15, 0.2) is 24.5 Å². The molecule has 120 valence electrons. The zero-order valence-corrected chi connectivity index (χ0v) is 14.0. The molecular weight excluding hydrogens is 312 g/mol. The van der Waals surface area contributed by atoms with E-state index < -0.39 is 0 Å². The van der Waals surface area contributed by atoms with Gasteiger partial charge < -0.3 is 9.80 Å². The summed E-state index contributed by atoms with van der Waals surface area (Å²) >= 11 is 1.43. The number of hydrogen-bond acceptors (Lipinski definition) is 5. The highest BCUT2D eigenvalue weighted by molar-refractivity contribution is 7.13. The SMILES string of the molecule is Cc1nc(C)c(C(=O)N2CCN(C(=O)c3ccncc3)CC2)s1. The molecule has 2 aromatic heterocycles. The second-order valence-corrected chi connectivity index (χ2v) is 6.67. The summed E-state index contributed by atoms with van der Waals surface area (Å²) in [5.41, 5.74) is 1.42. The van der Waals surface area contributed by atoms with Gasteiger partial charge in [0.1, 0.15) is 4.88 Å². The summed E-state index contributed by atoms with van der Waals surface area (Å²) in [7, 11) is 0. The van der Waals surface area contributed by atoms with Gasteiger partial charge in [0.25, 0.3) is 11.8 Å². The fraction of sp³-hybridized carbons (Fsp3) is 0.375. The molecule has 0 bridgehead atoms. The molecule has 0 radical (unpaired) electrons. The summed E-state index contributed by atoms with van der Waals surface area (Å²) in [6, 6.07) is 3.42. The maximum Gasteiger partial charge on any atom is 0.265 e. The molecule has 0 spiro atoms. The third kappa shape index (κ3) is 3.24. The van der Waals surface area contributed by atoms with Crippen molar-refractivity contribution in [2.45, 2.75) is 13.8 Å². The largest absolute Gasteiger partial charge is 0.335 e. The lowest BCUT2D eigenvalue weighted by Crippen LogP contribution is -2.50. The Morgan fingerprint density at radius 1 is 1.00 bits per heavy atom. The molecule has 0 unspecified atom stereocenters. The van der Waals surface area contributed by atoms with Gasteiger partial charge in [-0.2, -0.15) is 0 Å². The van der Waals surface area contributed by atoms with Crippen LogP contribution in [0, 0.1) is 13.8 Å². The first-order valence-electron chi connectivity index (χ1n) is 7.49. The van der Waals surface area contributed by atoms with E-state index in [1.54, 1.807) is 34.3 Å². The summed E-state index contributed by atoms with van der Waals surface area (Å²) in [5.74, 6) is 0.00780. The van der Waals surface area contributed by atoms with Crippen molar-refractivity contribution in [2.75, 3.05) is 26.2 Å². The number of carbonyl (C=O) groups excluding carboxylic acids is 2. The molecule has 0 atom stereocenters. The topological polar surface area (TPSA) is 66.4 Å². The van der Waals surface area contributed by atoms with Crippen LogP contribution in [0.5, 0.6) is 0 Å². The number of carbonyl (C=O) groups is 2. The van der Waals surface area contributed by atoms with Crippen LogP contribution in [0.4, 0.5) is 0 Å². The Hall–Kier alpha value is -2.28. The third-order valence-electron chi connectivity index (χ3n) is 3.88. The lowest BCUT2D eigenvalue weighted by Gasteiger charge is -2.34. The zero-order valence-electron chi connectivity index (χ0n) is 13.2. The molecule has 3 heterocycles. The van der Waals surface area contributed by atoms with E-state index in [-0.39, 0.29) is 11.8 Å². The lowest BCUT2D eigenvalue weighted by molar-refractivity contribution is 0.0537. The van der Waals surface area contributed by atoms with Gasteiger partial charge in [-0.15, -0.1) is 11.3 Å². The van der Waals surface area contributed by atoms with Crippen LogP contribution in [0.1, 0.15) is 30.7 Å². The van der Waals surface area contributed by atoms with Crippen molar-refractivity contribution in [2.24, 2.45) is 0 Å². The molecule has 0 aromatic carbocycles. The highest BCUT2D eigenvalue weighted by Gasteiger charge is 2.27. The average molecular weight is 330 g/mol. The van der Waals surface area contributed by atoms with Gasteiger partial charge in [0.2, 0.25) is 0 Å². The van der Waals surface area contributed by atoms with E-state index in [2.05, 4.69) is 9.97 Å². The van der Waals surface area contributed by atoms with Crippen molar-refractivity contribution in [1.82, 2.24) is 19.8 Å². The smallest absolute Gasteiger partial charge is 0.265 e. The van der Waals surface area contributed by atoms with Crippen molar-refractivity contribution in [1.29, 1.82) is 0 Å². The standard InChI is InChI=1S/C16H18N4O2S/c1-11-14(23-12(2)18-11)16(22)20-9-7-19(8-10-20)15(21)13-3-5-17-6-4-13/h3-6H,7-10H2,1-2H3. The van der Waals surface area contributed by atoms with Crippen LogP contribution >= 0.6 is 11.3 Å².